The van der Waals surface area contributed by atoms with E-state index in [1.807, 2.05) is 0 Å². The van der Waals surface area contributed by atoms with Gasteiger partial charge in [-0.25, -0.2) is 0 Å². The number of hydrogen-bond acceptors (Lipinski definition) is 2. The van der Waals surface area contributed by atoms with Crippen LogP contribution in [-0.4, -0.2) is 0 Å². The Morgan fingerprint density at radius 1 is 0.404 bits per heavy atom. The molecule has 2 nitrogen and oxygen atoms in total. The molecule has 7 rings (SSSR count). The quantitative estimate of drug-likeness (QED) is 0.0606. The molecule has 0 fully saturated rings. The van der Waals surface area contributed by atoms with E-state index in [2.05, 4.69) is 180 Å². The maximum atomic E-state index is 6.01. The first-order valence-corrected chi connectivity index (χ1v) is 19.0. The molecule has 0 saturated heterocycles. The molecule has 2 heteroatoms. The van der Waals surface area contributed by atoms with Crippen LogP contribution in [0.25, 0.3) is 21.5 Å². The zero-order valence-corrected chi connectivity index (χ0v) is 30.3. The molecule has 258 valence electrons. The van der Waals surface area contributed by atoms with Crippen LogP contribution in [0.3, 0.4) is 0 Å². The summed E-state index contributed by atoms with van der Waals surface area (Å²) in [5.74, 6) is 2.99. The number of benzene rings is 7. The second kappa shape index (κ2) is 17.0. The summed E-state index contributed by atoms with van der Waals surface area (Å²) in [7, 11) is 0. The monoisotopic (exact) mass is 676 g/mol. The first-order chi connectivity index (χ1) is 25.8. The predicted octanol–water partition coefficient (Wildman–Crippen LogP) is 14.4. The fourth-order valence-corrected chi connectivity index (χ4v) is 7.69. The Balaban J connectivity index is 1.44. The third-order valence-corrected chi connectivity index (χ3v) is 10.2. The number of fused-ring (bicyclic) bond motifs is 3. The summed E-state index contributed by atoms with van der Waals surface area (Å²) < 4.78 is 0. The molecule has 0 radical (unpaired) electrons. The SMILES string of the molecule is C#CCCc1c(CCCCCCCC)c2cc(N(c3ccccc3)c3ccccc3)ccc2c2ccc(N(c3ccccc3)c3ccccc3)cc12. The summed E-state index contributed by atoms with van der Waals surface area (Å²) in [5.41, 5.74) is 9.70. The maximum Gasteiger partial charge on any atom is 0.0468 e. The minimum Gasteiger partial charge on any atom is -0.310 e. The molecule has 0 amide bonds. The van der Waals surface area contributed by atoms with Gasteiger partial charge in [-0.15, -0.1) is 12.3 Å². The minimum atomic E-state index is 0.704. The topological polar surface area (TPSA) is 6.48 Å². The van der Waals surface area contributed by atoms with E-state index in [4.69, 9.17) is 6.42 Å². The van der Waals surface area contributed by atoms with Crippen molar-refractivity contribution in [3.63, 3.8) is 0 Å². The van der Waals surface area contributed by atoms with E-state index in [-0.39, 0.29) is 0 Å². The van der Waals surface area contributed by atoms with Gasteiger partial charge in [0.1, 0.15) is 0 Å². The molecule has 0 bridgehead atoms. The summed E-state index contributed by atoms with van der Waals surface area (Å²) in [6.45, 7) is 2.29. The first-order valence-electron chi connectivity index (χ1n) is 19.0. The third-order valence-electron chi connectivity index (χ3n) is 10.2. The van der Waals surface area contributed by atoms with Crippen LogP contribution in [0.2, 0.25) is 0 Å². The largest absolute Gasteiger partial charge is 0.310 e. The van der Waals surface area contributed by atoms with E-state index in [0.717, 1.165) is 47.0 Å². The molecular formula is C50H48N2. The standard InChI is InChI=1S/C50H48N2/c1-3-5-7-8-9-22-32-46-45(31-6-4-2)49-37-43(51(39-23-14-10-15-24-39)40-25-16-11-17-26-40)33-35-47(49)48-36-34-44(38-50(46)48)52(41-27-18-12-19-28-41)42-29-20-13-21-30-42/h2,10-21,23-30,33-38H,3,5-9,22,31-32H2,1H3. The van der Waals surface area contributed by atoms with Gasteiger partial charge in [0.25, 0.3) is 0 Å². The van der Waals surface area contributed by atoms with Crippen LogP contribution in [0.1, 0.15) is 63.0 Å². The van der Waals surface area contributed by atoms with Crippen LogP contribution in [0.4, 0.5) is 34.1 Å². The van der Waals surface area contributed by atoms with Gasteiger partial charge in [0.05, 0.1) is 0 Å². The number of rotatable bonds is 15. The lowest BCUT2D eigenvalue weighted by molar-refractivity contribution is 0.607. The van der Waals surface area contributed by atoms with E-state index in [1.165, 1.54) is 71.2 Å². The van der Waals surface area contributed by atoms with Crippen molar-refractivity contribution in [3.8, 4) is 12.3 Å². The van der Waals surface area contributed by atoms with E-state index in [9.17, 15) is 0 Å². The summed E-state index contributed by atoms with van der Waals surface area (Å²) in [6, 6.07) is 56.9. The molecule has 0 N–H and O–H groups in total. The normalized spacial score (nSPS) is 11.1. The highest BCUT2D eigenvalue weighted by atomic mass is 15.1. The van der Waals surface area contributed by atoms with Crippen molar-refractivity contribution in [1.82, 2.24) is 0 Å². The second-order valence-corrected chi connectivity index (χ2v) is 13.7. The highest BCUT2D eigenvalue weighted by Gasteiger charge is 2.20. The van der Waals surface area contributed by atoms with Gasteiger partial charge < -0.3 is 9.80 Å². The van der Waals surface area contributed by atoms with Gasteiger partial charge in [-0.05, 0) is 125 Å². The molecule has 0 atom stereocenters. The Labute approximate surface area is 310 Å². The van der Waals surface area contributed by atoms with E-state index in [1.54, 1.807) is 0 Å². The van der Waals surface area contributed by atoms with Crippen LogP contribution < -0.4 is 9.80 Å². The average Bonchev–Trinajstić information content (AvgIpc) is 3.20. The Kier molecular flexibility index (Phi) is 11.3. The first kappa shape index (κ1) is 34.7. The molecule has 7 aromatic rings. The molecule has 0 aliphatic carbocycles. The van der Waals surface area contributed by atoms with Crippen molar-refractivity contribution in [1.29, 1.82) is 0 Å². The fraction of sp³-hybridized carbons (Fsp3) is 0.200. The van der Waals surface area contributed by atoms with Gasteiger partial charge >= 0.3 is 0 Å². The molecule has 0 aromatic heterocycles. The number of nitrogens with zero attached hydrogens (tertiary/aromatic N) is 2. The molecular weight excluding hydrogens is 629 g/mol. The molecule has 0 spiro atoms. The van der Waals surface area contributed by atoms with Gasteiger partial charge in [-0.3, -0.25) is 0 Å². The average molecular weight is 677 g/mol. The smallest absolute Gasteiger partial charge is 0.0468 e. The zero-order valence-electron chi connectivity index (χ0n) is 30.3. The lowest BCUT2D eigenvalue weighted by Gasteiger charge is -2.28. The van der Waals surface area contributed by atoms with E-state index >= 15 is 0 Å². The van der Waals surface area contributed by atoms with Crippen molar-refractivity contribution in [3.05, 3.63) is 169 Å². The Bertz CT molecular complexity index is 2160. The Morgan fingerprint density at radius 2 is 0.788 bits per heavy atom. The maximum absolute atomic E-state index is 6.01. The van der Waals surface area contributed by atoms with Crippen molar-refractivity contribution < 1.29 is 0 Å². The Hall–Kier alpha value is -5.78. The number of anilines is 6. The van der Waals surface area contributed by atoms with Crippen molar-refractivity contribution in [2.45, 2.75) is 64.7 Å². The second-order valence-electron chi connectivity index (χ2n) is 13.7. The van der Waals surface area contributed by atoms with Crippen LogP contribution in [0.15, 0.2) is 158 Å². The van der Waals surface area contributed by atoms with Gasteiger partial charge in [0.15, 0.2) is 0 Å². The van der Waals surface area contributed by atoms with Crippen LogP contribution in [0, 0.1) is 12.3 Å². The highest BCUT2D eigenvalue weighted by molar-refractivity contribution is 6.13. The number of aryl methyl sites for hydroxylation is 2. The molecule has 0 aliphatic heterocycles. The number of terminal acetylenes is 1. The van der Waals surface area contributed by atoms with Gasteiger partial charge in [0.2, 0.25) is 0 Å². The summed E-state index contributed by atoms with van der Waals surface area (Å²) in [6.07, 6.45) is 16.2. The summed E-state index contributed by atoms with van der Waals surface area (Å²) >= 11 is 0. The number of hydrogen-bond donors (Lipinski definition) is 0. The highest BCUT2D eigenvalue weighted by Crippen LogP contribution is 2.43. The fourth-order valence-electron chi connectivity index (χ4n) is 7.69. The third kappa shape index (κ3) is 7.60. The number of para-hydroxylation sites is 4. The molecule has 0 heterocycles. The lowest BCUT2D eigenvalue weighted by atomic mass is 9.86. The van der Waals surface area contributed by atoms with Crippen LogP contribution >= 0.6 is 0 Å². The van der Waals surface area contributed by atoms with Crippen LogP contribution in [0.5, 0.6) is 0 Å². The van der Waals surface area contributed by atoms with Gasteiger partial charge in [0, 0.05) is 40.5 Å². The zero-order chi connectivity index (χ0) is 35.5. The summed E-state index contributed by atoms with van der Waals surface area (Å²) in [5, 5.41) is 5.20. The van der Waals surface area contributed by atoms with E-state index in [0.29, 0.717) is 6.42 Å². The molecule has 52 heavy (non-hydrogen) atoms. The van der Waals surface area contributed by atoms with Crippen LogP contribution in [-0.2, 0) is 12.8 Å². The molecule has 0 saturated carbocycles. The predicted molar refractivity (Wildman–Crippen MR) is 225 cm³/mol. The van der Waals surface area contributed by atoms with Crippen molar-refractivity contribution in [2.24, 2.45) is 0 Å². The summed E-state index contributed by atoms with van der Waals surface area (Å²) in [4.78, 5) is 4.74. The van der Waals surface area contributed by atoms with Crippen molar-refractivity contribution in [2.75, 3.05) is 9.80 Å². The molecule has 7 aromatic carbocycles. The molecule has 0 aliphatic rings. The van der Waals surface area contributed by atoms with Gasteiger partial charge in [-0.2, -0.15) is 0 Å². The van der Waals surface area contributed by atoms with Crippen molar-refractivity contribution >= 4 is 55.7 Å². The van der Waals surface area contributed by atoms with Gasteiger partial charge in [-0.1, -0.05) is 124 Å². The van der Waals surface area contributed by atoms with E-state index < -0.39 is 0 Å². The lowest BCUT2D eigenvalue weighted by Crippen LogP contribution is -2.11. The minimum absolute atomic E-state index is 0.704. The number of unbranched alkanes of at least 4 members (excludes halogenated alkanes) is 5. The Morgan fingerprint density at radius 3 is 1.19 bits per heavy atom. The molecule has 0 unspecified atom stereocenters.